The van der Waals surface area contributed by atoms with Gasteiger partial charge in [0, 0.05) is 6.42 Å². The van der Waals surface area contributed by atoms with Gasteiger partial charge in [0.05, 0.1) is 6.61 Å². The maximum atomic E-state index is 11.0. The molecule has 1 rings (SSSR count). The number of carbonyl (C=O) groups excluding carboxylic acids is 1. The lowest BCUT2D eigenvalue weighted by atomic mass is 9.92. The van der Waals surface area contributed by atoms with Gasteiger partial charge >= 0.3 is 5.97 Å². The topological polar surface area (TPSA) is 87.0 Å². The lowest BCUT2D eigenvalue weighted by molar-refractivity contribution is -0.265. The fourth-order valence-corrected chi connectivity index (χ4v) is 1.03. The average Bonchev–Trinajstić information content (AvgIpc) is 2.02. The van der Waals surface area contributed by atoms with Crippen LogP contribution < -0.4 is 0 Å². The van der Waals surface area contributed by atoms with Crippen molar-refractivity contribution in [3.05, 3.63) is 0 Å². The number of hydrogen-bond donors (Lipinski definition) is 3. The van der Waals surface area contributed by atoms with Crippen molar-refractivity contribution in [2.24, 2.45) is 0 Å². The highest BCUT2D eigenvalue weighted by molar-refractivity contribution is 5.80. The molecule has 0 aliphatic carbocycles. The summed E-state index contributed by atoms with van der Waals surface area (Å²) >= 11 is 0. The second kappa shape index (κ2) is 2.69. The summed E-state index contributed by atoms with van der Waals surface area (Å²) in [6.07, 6.45) is 0.251. The van der Waals surface area contributed by atoms with Crippen LogP contribution in [0.1, 0.15) is 19.8 Å². The van der Waals surface area contributed by atoms with Gasteiger partial charge in [0.15, 0.2) is 0 Å². The predicted molar refractivity (Wildman–Crippen MR) is 38.0 cm³/mol. The molecule has 70 valence electrons. The molecule has 1 fully saturated rings. The Hall–Kier alpha value is -0.650. The van der Waals surface area contributed by atoms with E-state index in [1.807, 2.05) is 0 Å². The molecule has 1 saturated heterocycles. The van der Waals surface area contributed by atoms with Crippen LogP contribution in [0.4, 0.5) is 0 Å². The molecule has 1 aliphatic rings. The minimum atomic E-state index is -2.39. The van der Waals surface area contributed by atoms with Crippen molar-refractivity contribution in [3.8, 4) is 0 Å². The zero-order chi connectivity index (χ0) is 9.41. The molecule has 3 N–H and O–H groups in total. The van der Waals surface area contributed by atoms with Gasteiger partial charge in [0.2, 0.25) is 11.4 Å². The molecule has 0 radical (unpaired) electrons. The molecule has 0 aromatic rings. The van der Waals surface area contributed by atoms with Crippen LogP contribution in [0.5, 0.6) is 0 Å². The maximum absolute atomic E-state index is 11.0. The molecule has 0 aromatic carbocycles. The third-order valence-electron chi connectivity index (χ3n) is 2.08. The number of carbonyl (C=O) groups is 1. The number of ether oxygens (including phenoxy) is 1. The molecule has 0 spiro atoms. The lowest BCUT2D eigenvalue weighted by Crippen LogP contribution is -2.56. The molecule has 0 bridgehead atoms. The minimum absolute atomic E-state index is 0.0776. The van der Waals surface area contributed by atoms with Crippen LogP contribution in [0, 0.1) is 0 Å². The van der Waals surface area contributed by atoms with Crippen molar-refractivity contribution in [2.45, 2.75) is 31.2 Å². The van der Waals surface area contributed by atoms with E-state index < -0.39 is 17.4 Å². The molecular formula is C7H12O5. The normalized spacial score (nSPS) is 35.5. The van der Waals surface area contributed by atoms with E-state index in [1.54, 1.807) is 0 Å². The second-order valence-electron chi connectivity index (χ2n) is 3.13. The summed E-state index contributed by atoms with van der Waals surface area (Å²) < 4.78 is 4.54. The van der Waals surface area contributed by atoms with Gasteiger partial charge in [-0.05, 0) is 13.3 Å². The first kappa shape index (κ1) is 9.44. The standard InChI is InChI=1S/C7H12O5/c1-6(9)5(8)12-4-2-3-7(6,10)11/h9-11H,2-4H2,1H3. The van der Waals surface area contributed by atoms with Crippen LogP contribution in [0.2, 0.25) is 0 Å². The summed E-state index contributed by atoms with van der Waals surface area (Å²) in [7, 11) is 0. The molecule has 0 amide bonds. The molecule has 5 nitrogen and oxygen atoms in total. The highest BCUT2D eigenvalue weighted by Gasteiger charge is 2.52. The third-order valence-corrected chi connectivity index (χ3v) is 2.08. The monoisotopic (exact) mass is 176 g/mol. The first-order valence-corrected chi connectivity index (χ1v) is 3.72. The van der Waals surface area contributed by atoms with E-state index in [-0.39, 0.29) is 13.0 Å². The van der Waals surface area contributed by atoms with Gasteiger partial charge in [-0.25, -0.2) is 4.79 Å². The van der Waals surface area contributed by atoms with E-state index in [2.05, 4.69) is 4.74 Å². The summed E-state index contributed by atoms with van der Waals surface area (Å²) in [6.45, 7) is 1.14. The maximum Gasteiger partial charge on any atom is 0.343 e. The highest BCUT2D eigenvalue weighted by atomic mass is 16.6. The van der Waals surface area contributed by atoms with Crippen LogP contribution in [0.3, 0.4) is 0 Å². The van der Waals surface area contributed by atoms with Crippen LogP contribution in [-0.4, -0.2) is 39.3 Å². The average molecular weight is 176 g/mol. The van der Waals surface area contributed by atoms with Crippen LogP contribution in [0.25, 0.3) is 0 Å². The van der Waals surface area contributed by atoms with Gasteiger partial charge in [-0.15, -0.1) is 0 Å². The first-order valence-electron chi connectivity index (χ1n) is 3.72. The Kier molecular flexibility index (Phi) is 2.11. The molecule has 12 heavy (non-hydrogen) atoms. The Morgan fingerprint density at radius 1 is 1.42 bits per heavy atom. The van der Waals surface area contributed by atoms with Gasteiger partial charge in [-0.2, -0.15) is 0 Å². The summed E-state index contributed by atoms with van der Waals surface area (Å²) in [6, 6.07) is 0. The van der Waals surface area contributed by atoms with Crippen molar-refractivity contribution >= 4 is 5.97 Å². The number of hydrogen-bond acceptors (Lipinski definition) is 5. The fourth-order valence-electron chi connectivity index (χ4n) is 1.03. The van der Waals surface area contributed by atoms with E-state index in [0.29, 0.717) is 6.42 Å². The van der Waals surface area contributed by atoms with Crippen molar-refractivity contribution in [1.29, 1.82) is 0 Å². The van der Waals surface area contributed by atoms with E-state index in [1.165, 1.54) is 0 Å². The summed E-state index contributed by atoms with van der Waals surface area (Å²) in [5, 5.41) is 27.9. The number of esters is 1. The van der Waals surface area contributed by atoms with Crippen LogP contribution in [0.15, 0.2) is 0 Å². The van der Waals surface area contributed by atoms with Gasteiger partial charge in [0.25, 0.3) is 0 Å². The third kappa shape index (κ3) is 1.31. The van der Waals surface area contributed by atoms with Crippen LogP contribution >= 0.6 is 0 Å². The van der Waals surface area contributed by atoms with Gasteiger partial charge in [0.1, 0.15) is 0 Å². The summed E-state index contributed by atoms with van der Waals surface area (Å²) in [5.41, 5.74) is -2.23. The van der Waals surface area contributed by atoms with E-state index in [4.69, 9.17) is 0 Å². The first-order chi connectivity index (χ1) is 5.38. The lowest BCUT2D eigenvalue weighted by Gasteiger charge is -2.31. The Bertz CT molecular complexity index is 196. The largest absolute Gasteiger partial charge is 0.463 e. The Morgan fingerprint density at radius 2 is 2.00 bits per heavy atom. The number of aliphatic hydroxyl groups is 3. The predicted octanol–water partition coefficient (Wildman–Crippen LogP) is -1.24. The van der Waals surface area contributed by atoms with E-state index >= 15 is 0 Å². The molecule has 1 unspecified atom stereocenters. The Labute approximate surface area is 69.6 Å². The Morgan fingerprint density at radius 3 is 2.58 bits per heavy atom. The summed E-state index contributed by atoms with van der Waals surface area (Å²) in [4.78, 5) is 11.0. The van der Waals surface area contributed by atoms with Gasteiger partial charge in [-0.3, -0.25) is 0 Å². The molecule has 1 atom stereocenters. The van der Waals surface area contributed by atoms with E-state index in [9.17, 15) is 20.1 Å². The SMILES string of the molecule is CC1(O)C(=O)OCCCC1(O)O. The van der Waals surface area contributed by atoms with Gasteiger partial charge in [-0.1, -0.05) is 0 Å². The smallest absolute Gasteiger partial charge is 0.343 e. The van der Waals surface area contributed by atoms with Crippen molar-refractivity contribution in [2.75, 3.05) is 6.61 Å². The molecule has 0 aromatic heterocycles. The van der Waals surface area contributed by atoms with Crippen molar-refractivity contribution < 1.29 is 24.9 Å². The minimum Gasteiger partial charge on any atom is -0.463 e. The highest BCUT2D eigenvalue weighted by Crippen LogP contribution is 2.28. The number of rotatable bonds is 0. The quantitative estimate of drug-likeness (QED) is 0.317. The van der Waals surface area contributed by atoms with Crippen LogP contribution in [-0.2, 0) is 9.53 Å². The molecule has 0 saturated carbocycles. The van der Waals surface area contributed by atoms with E-state index in [0.717, 1.165) is 6.92 Å². The zero-order valence-corrected chi connectivity index (χ0v) is 6.78. The molecule has 1 aliphatic heterocycles. The Balaban J connectivity index is 2.94. The molecular weight excluding hydrogens is 164 g/mol. The number of cyclic esters (lactones) is 1. The molecule has 5 heteroatoms. The summed E-state index contributed by atoms with van der Waals surface area (Å²) in [5.74, 6) is -3.38. The fraction of sp³-hybridized carbons (Fsp3) is 0.857. The molecule has 1 heterocycles. The zero-order valence-electron chi connectivity index (χ0n) is 6.78. The van der Waals surface area contributed by atoms with Gasteiger partial charge < -0.3 is 20.1 Å². The second-order valence-corrected chi connectivity index (χ2v) is 3.13. The van der Waals surface area contributed by atoms with Crippen molar-refractivity contribution in [3.63, 3.8) is 0 Å². The van der Waals surface area contributed by atoms with Crippen molar-refractivity contribution in [1.82, 2.24) is 0 Å².